The number of methoxy groups -OCH3 is 1. The van der Waals surface area contributed by atoms with Gasteiger partial charge in [0, 0.05) is 28.0 Å². The number of anilines is 1. The van der Waals surface area contributed by atoms with Crippen molar-refractivity contribution in [3.8, 4) is 17.4 Å². The summed E-state index contributed by atoms with van der Waals surface area (Å²) < 4.78 is 35.2. The smallest absolute Gasteiger partial charge is 0.395 e. The van der Waals surface area contributed by atoms with Crippen LogP contribution in [0.3, 0.4) is 0 Å². The van der Waals surface area contributed by atoms with Crippen molar-refractivity contribution in [1.82, 2.24) is 19.5 Å². The molecule has 2 aromatic carbocycles. The highest BCUT2D eigenvalue weighted by atomic mass is 127. The highest BCUT2D eigenvalue weighted by Crippen LogP contribution is 2.44. The van der Waals surface area contributed by atoms with E-state index in [4.69, 9.17) is 29.2 Å². The number of esters is 1. The van der Waals surface area contributed by atoms with Crippen LogP contribution in [0.1, 0.15) is 54.2 Å². The van der Waals surface area contributed by atoms with Crippen molar-refractivity contribution in [2.45, 2.75) is 78.0 Å². The van der Waals surface area contributed by atoms with Gasteiger partial charge in [-0.3, -0.25) is 9.09 Å². The van der Waals surface area contributed by atoms with Crippen molar-refractivity contribution >= 4 is 64.6 Å². The van der Waals surface area contributed by atoms with Gasteiger partial charge in [-0.1, -0.05) is 69.7 Å². The lowest BCUT2D eigenvalue weighted by Crippen LogP contribution is -2.45. The second-order valence-corrected chi connectivity index (χ2v) is 15.7. The first-order valence-corrected chi connectivity index (χ1v) is 18.2. The molecule has 50 heavy (non-hydrogen) atoms. The first-order chi connectivity index (χ1) is 23.5. The van der Waals surface area contributed by atoms with E-state index in [-0.39, 0.29) is 53.5 Å². The van der Waals surface area contributed by atoms with Crippen LogP contribution in [-0.2, 0) is 14.3 Å². The minimum absolute atomic E-state index is 0.0695. The Morgan fingerprint density at radius 1 is 1.22 bits per heavy atom. The van der Waals surface area contributed by atoms with Gasteiger partial charge in [0.05, 0.1) is 13.7 Å². The van der Waals surface area contributed by atoms with E-state index in [1.54, 1.807) is 24.3 Å². The van der Waals surface area contributed by atoms with E-state index in [2.05, 4.69) is 19.7 Å². The van der Waals surface area contributed by atoms with Gasteiger partial charge in [0.25, 0.3) is 0 Å². The molecule has 3 heterocycles. The molecule has 0 saturated carbocycles. The number of aliphatic hydroxyl groups is 2. The molecule has 0 radical (unpaired) electrons. The van der Waals surface area contributed by atoms with Gasteiger partial charge in [-0.05, 0) is 36.1 Å². The Morgan fingerprint density at radius 3 is 2.62 bits per heavy atom. The third-order valence-corrected chi connectivity index (χ3v) is 9.50. The number of aliphatic hydroxyl groups excluding tert-OH is 1. The third kappa shape index (κ3) is 8.21. The summed E-state index contributed by atoms with van der Waals surface area (Å²) in [4.78, 5) is 39.2. The molecular formula is C33H42IN6O9P. The number of fused-ring (bicyclic) bond motifs is 2. The van der Waals surface area contributed by atoms with Gasteiger partial charge in [-0.2, -0.15) is 9.97 Å². The second kappa shape index (κ2) is 15.1. The Bertz CT molecular complexity index is 1900. The number of imidazole rings is 1. The summed E-state index contributed by atoms with van der Waals surface area (Å²) in [6, 6.07) is 9.72. The fourth-order valence-corrected chi connectivity index (χ4v) is 7.01. The molecule has 4 N–H and O–H groups in total. The summed E-state index contributed by atoms with van der Waals surface area (Å²) in [7, 11) is -1.34. The number of aromatic nitrogens is 4. The van der Waals surface area contributed by atoms with Crippen LogP contribution in [0, 0.1) is 15.2 Å². The number of rotatable bonds is 12. The normalized spacial score (nSPS) is 21.9. The largest absolute Gasteiger partial charge is 0.575 e. The zero-order valence-corrected chi connectivity index (χ0v) is 31.9. The van der Waals surface area contributed by atoms with Crippen LogP contribution in [0.4, 0.5) is 5.95 Å². The highest BCUT2D eigenvalue weighted by Gasteiger charge is 2.54. The molecule has 17 heteroatoms. The summed E-state index contributed by atoms with van der Waals surface area (Å²) in [5, 5.41) is 24.2. The predicted octanol–water partition coefficient (Wildman–Crippen LogP) is 4.50. The number of nitrogens with zero attached hydrogens (tertiary/aromatic N) is 5. The number of carbonyl (C=O) groups is 1. The summed E-state index contributed by atoms with van der Waals surface area (Å²) in [5.74, 6) is -0.115. The van der Waals surface area contributed by atoms with Crippen molar-refractivity contribution in [3.05, 3.63) is 40.2 Å². The lowest BCUT2D eigenvalue weighted by molar-refractivity contribution is -0.170. The quantitative estimate of drug-likeness (QED) is 0.0779. The molecule has 0 spiro atoms. The molecule has 1 aliphatic rings. The molecule has 15 nitrogen and oxygen atoms in total. The van der Waals surface area contributed by atoms with Crippen LogP contribution < -0.4 is 24.6 Å². The highest BCUT2D eigenvalue weighted by molar-refractivity contribution is 14.1. The van der Waals surface area contributed by atoms with E-state index < -0.39 is 44.2 Å². The Hall–Kier alpha value is -3.41. The van der Waals surface area contributed by atoms with E-state index in [1.165, 1.54) is 18.6 Å². The van der Waals surface area contributed by atoms with E-state index in [9.17, 15) is 19.9 Å². The summed E-state index contributed by atoms with van der Waals surface area (Å²) in [6.45, 7) is 11.1. The van der Waals surface area contributed by atoms with Crippen molar-refractivity contribution in [2.75, 3.05) is 26.1 Å². The maximum atomic E-state index is 13.4. The molecule has 1 unspecified atom stereocenters. The summed E-state index contributed by atoms with van der Waals surface area (Å²) in [5.41, 5.74) is 4.38. The van der Waals surface area contributed by atoms with E-state index in [0.29, 0.717) is 21.2 Å². The number of hydrogen-bond donors (Lipinski definition) is 3. The van der Waals surface area contributed by atoms with Crippen LogP contribution in [0.15, 0.2) is 41.1 Å². The van der Waals surface area contributed by atoms with Crippen LogP contribution in [0.25, 0.3) is 21.9 Å². The van der Waals surface area contributed by atoms with Crippen LogP contribution in [-0.4, -0.2) is 79.9 Å². The second-order valence-electron chi connectivity index (χ2n) is 13.9. The number of nitrogens with two attached hydrogens (primary N) is 1. The Kier molecular flexibility index (Phi) is 11.4. The fraction of sp³-hybridized carbons (Fsp3) is 0.515. The number of hydrogen-bond acceptors (Lipinski definition) is 14. The van der Waals surface area contributed by atoms with Gasteiger partial charge in [0.1, 0.15) is 24.4 Å². The maximum absolute atomic E-state index is 13.4. The Labute approximate surface area is 304 Å². The molecule has 5 rings (SSSR count). The monoisotopic (exact) mass is 824 g/mol. The SMILES string of the molecule is COc1nc(N)nc2c1nc(I)n2[C@@H]1O[C@H](COc2ccc3ccccc3c2O[P+]([O-])=N[C@@H](CC(C)C)C(=O)OCC(C)(C)C)[C@@H](O)[C@@]1(C)O. The topological polar surface area (TPSA) is 209 Å². The molecule has 6 atom stereocenters. The van der Waals surface area contributed by atoms with Gasteiger partial charge in [-0.25, -0.2) is 9.78 Å². The van der Waals surface area contributed by atoms with Crippen LogP contribution >= 0.6 is 30.8 Å². The molecule has 270 valence electrons. The van der Waals surface area contributed by atoms with Crippen molar-refractivity contribution < 1.29 is 43.4 Å². The maximum Gasteiger partial charge on any atom is 0.395 e. The number of carbonyl (C=O) groups excluding carboxylic acids is 1. The fourth-order valence-electron chi connectivity index (χ4n) is 5.48. The molecule has 1 saturated heterocycles. The Balaban J connectivity index is 1.41. The van der Waals surface area contributed by atoms with Crippen molar-refractivity contribution in [2.24, 2.45) is 16.1 Å². The first kappa shape index (κ1) is 37.8. The van der Waals surface area contributed by atoms with E-state index in [1.807, 2.05) is 69.3 Å². The van der Waals surface area contributed by atoms with Gasteiger partial charge >= 0.3 is 14.1 Å². The van der Waals surface area contributed by atoms with Gasteiger partial charge < -0.3 is 39.8 Å². The predicted molar refractivity (Wildman–Crippen MR) is 193 cm³/mol. The molecular weight excluding hydrogens is 782 g/mol. The minimum atomic E-state index is -2.76. The zero-order chi connectivity index (χ0) is 36.5. The van der Waals surface area contributed by atoms with Gasteiger partial charge in [0.2, 0.25) is 17.6 Å². The van der Waals surface area contributed by atoms with Gasteiger partial charge in [0.15, 0.2) is 33.0 Å². The van der Waals surface area contributed by atoms with Crippen LogP contribution in [0.2, 0.25) is 0 Å². The molecule has 2 aromatic heterocycles. The molecule has 1 aliphatic heterocycles. The summed E-state index contributed by atoms with van der Waals surface area (Å²) in [6.07, 6.45) is -3.30. The zero-order valence-electron chi connectivity index (χ0n) is 28.9. The van der Waals surface area contributed by atoms with E-state index >= 15 is 0 Å². The lowest BCUT2D eigenvalue weighted by Gasteiger charge is -2.27. The third-order valence-electron chi connectivity index (χ3n) is 7.93. The first-order valence-electron chi connectivity index (χ1n) is 16.0. The number of halogens is 1. The van der Waals surface area contributed by atoms with Crippen LogP contribution in [0.5, 0.6) is 17.4 Å². The van der Waals surface area contributed by atoms with Gasteiger partial charge in [-0.15, -0.1) is 0 Å². The molecule has 0 bridgehead atoms. The Morgan fingerprint density at radius 2 is 1.94 bits per heavy atom. The number of nitrogen functional groups attached to an aromatic ring is 1. The molecule has 1 fully saturated rings. The summed E-state index contributed by atoms with van der Waals surface area (Å²) >= 11 is 1.96. The average molecular weight is 825 g/mol. The number of ether oxygens (including phenoxy) is 4. The number of benzene rings is 2. The molecule has 0 aliphatic carbocycles. The van der Waals surface area contributed by atoms with E-state index in [0.717, 1.165) is 5.39 Å². The average Bonchev–Trinajstić information content (AvgIpc) is 3.48. The van der Waals surface area contributed by atoms with Crippen molar-refractivity contribution in [3.63, 3.8) is 0 Å². The standard InChI is InChI=1S/C33H42IN6O9P/c1-17(2)14-20(28(42)47-16-32(3,4)5)39-50(44)49-24-19-11-9-8-10-18(19)12-13-21(24)46-15-22-25(41)33(6,43)29(48-22)40-26-23(36-30(40)34)27(45-7)38-31(35)37-26/h8-13,17,20,22,25,29,41,43H,14-16H2,1-7H3,(H2,35,37,38)/t20-,22+,25+,29+,33+/m0/s1. The molecule has 4 aromatic rings. The van der Waals surface area contributed by atoms with Crippen molar-refractivity contribution in [1.29, 1.82) is 0 Å². The molecule has 0 amide bonds. The lowest BCUT2D eigenvalue weighted by atomic mass is 9.96. The minimum Gasteiger partial charge on any atom is -0.575 e.